The monoisotopic (exact) mass is 422 g/mol. The highest BCUT2D eigenvalue weighted by molar-refractivity contribution is 9.10. The first-order chi connectivity index (χ1) is 11.9. The van der Waals surface area contributed by atoms with Crippen LogP contribution in [0.25, 0.3) is 0 Å². The number of fused-ring (bicyclic) bond motifs is 1. The molecule has 5 nitrogen and oxygen atoms in total. The highest BCUT2D eigenvalue weighted by Gasteiger charge is 2.37. The second kappa shape index (κ2) is 7.27. The molecule has 132 valence electrons. The third kappa shape index (κ3) is 3.94. The van der Waals surface area contributed by atoms with Crippen LogP contribution in [0.2, 0.25) is 0 Å². The third-order valence-electron chi connectivity index (χ3n) is 4.34. The molecule has 1 aliphatic heterocycles. The molecule has 1 atom stereocenters. The zero-order chi connectivity index (χ0) is 18.0. The van der Waals surface area contributed by atoms with Crippen molar-refractivity contribution in [3.63, 3.8) is 0 Å². The number of rotatable bonds is 4. The molecule has 1 N–H and O–H groups in total. The van der Waals surface area contributed by atoms with Crippen molar-refractivity contribution in [2.45, 2.75) is 25.9 Å². The van der Waals surface area contributed by atoms with E-state index in [0.29, 0.717) is 12.1 Å². The standard InChI is InChI=1S/C18H19BrN2O3S/c1-2-25(23,24)21-12-14-6-4-3-5-13(14)11-17(21)18(22)20-16-9-7-15(19)8-10-16/h3-10,17H,2,11-12H2,1H3,(H,20,22)/t17-/m0/s1. The minimum Gasteiger partial charge on any atom is -0.325 e. The van der Waals surface area contributed by atoms with E-state index in [9.17, 15) is 13.2 Å². The number of benzene rings is 2. The minimum absolute atomic E-state index is 0.0305. The third-order valence-corrected chi connectivity index (χ3v) is 6.70. The van der Waals surface area contributed by atoms with Crippen molar-refractivity contribution in [1.82, 2.24) is 4.31 Å². The Bertz CT molecular complexity index is 881. The Morgan fingerprint density at radius 3 is 2.44 bits per heavy atom. The number of nitrogens with zero attached hydrogens (tertiary/aromatic N) is 1. The summed E-state index contributed by atoms with van der Waals surface area (Å²) in [5, 5.41) is 2.83. The van der Waals surface area contributed by atoms with E-state index in [0.717, 1.165) is 15.6 Å². The maximum atomic E-state index is 12.8. The molecule has 1 amide bonds. The van der Waals surface area contributed by atoms with Crippen molar-refractivity contribution in [2.75, 3.05) is 11.1 Å². The van der Waals surface area contributed by atoms with E-state index in [2.05, 4.69) is 21.2 Å². The lowest BCUT2D eigenvalue weighted by Crippen LogP contribution is -2.51. The first-order valence-corrected chi connectivity index (χ1v) is 10.4. The molecule has 2 aromatic carbocycles. The van der Waals surface area contributed by atoms with Gasteiger partial charge in [-0.2, -0.15) is 4.31 Å². The topological polar surface area (TPSA) is 66.5 Å². The van der Waals surface area contributed by atoms with Gasteiger partial charge in [0, 0.05) is 16.7 Å². The second-order valence-electron chi connectivity index (χ2n) is 5.93. The molecule has 0 bridgehead atoms. The quantitative estimate of drug-likeness (QED) is 0.822. The van der Waals surface area contributed by atoms with Crippen molar-refractivity contribution >= 4 is 37.5 Å². The summed E-state index contributed by atoms with van der Waals surface area (Å²) >= 11 is 3.35. The highest BCUT2D eigenvalue weighted by Crippen LogP contribution is 2.27. The SMILES string of the molecule is CCS(=O)(=O)N1Cc2ccccc2C[C@H]1C(=O)Nc1ccc(Br)cc1. The van der Waals surface area contributed by atoms with Gasteiger partial charge in [-0.15, -0.1) is 0 Å². The van der Waals surface area contributed by atoms with Crippen molar-refractivity contribution in [1.29, 1.82) is 0 Å². The number of amides is 1. The molecular weight excluding hydrogens is 404 g/mol. The molecule has 0 saturated heterocycles. The van der Waals surface area contributed by atoms with Gasteiger partial charge in [0.2, 0.25) is 15.9 Å². The van der Waals surface area contributed by atoms with E-state index in [1.165, 1.54) is 4.31 Å². The van der Waals surface area contributed by atoms with Gasteiger partial charge in [0.05, 0.1) is 5.75 Å². The molecule has 0 aromatic heterocycles. The Morgan fingerprint density at radius 1 is 1.16 bits per heavy atom. The van der Waals surface area contributed by atoms with Gasteiger partial charge >= 0.3 is 0 Å². The number of carbonyl (C=O) groups excluding carboxylic acids is 1. The van der Waals surface area contributed by atoms with Gasteiger partial charge in [-0.25, -0.2) is 8.42 Å². The molecule has 2 aromatic rings. The van der Waals surface area contributed by atoms with E-state index in [4.69, 9.17) is 0 Å². The van der Waals surface area contributed by atoms with Gasteiger partial charge in [0.15, 0.2) is 0 Å². The lowest BCUT2D eigenvalue weighted by atomic mass is 9.95. The smallest absolute Gasteiger partial charge is 0.243 e. The fourth-order valence-corrected chi connectivity index (χ4v) is 4.43. The summed E-state index contributed by atoms with van der Waals surface area (Å²) in [6.45, 7) is 1.82. The molecule has 0 aliphatic carbocycles. The van der Waals surface area contributed by atoms with Crippen molar-refractivity contribution < 1.29 is 13.2 Å². The average molecular weight is 423 g/mol. The first-order valence-electron chi connectivity index (χ1n) is 8.03. The molecule has 0 spiro atoms. The fraction of sp³-hybridized carbons (Fsp3) is 0.278. The molecule has 0 fully saturated rings. The van der Waals surface area contributed by atoms with Gasteiger partial charge in [0.25, 0.3) is 0 Å². The normalized spacial score (nSPS) is 17.8. The Labute approximate surface area is 156 Å². The van der Waals surface area contributed by atoms with E-state index in [-0.39, 0.29) is 18.2 Å². The largest absolute Gasteiger partial charge is 0.325 e. The number of carbonyl (C=O) groups is 1. The van der Waals surface area contributed by atoms with Crippen LogP contribution in [0.1, 0.15) is 18.1 Å². The summed E-state index contributed by atoms with van der Waals surface area (Å²) in [6, 6.07) is 14.1. The van der Waals surface area contributed by atoms with Crippen LogP contribution < -0.4 is 5.32 Å². The maximum absolute atomic E-state index is 12.8. The summed E-state index contributed by atoms with van der Waals surface area (Å²) in [7, 11) is -3.49. The summed E-state index contributed by atoms with van der Waals surface area (Å²) in [5.41, 5.74) is 2.61. The van der Waals surface area contributed by atoms with Gasteiger partial charge in [-0.1, -0.05) is 40.2 Å². The van der Waals surface area contributed by atoms with Crippen LogP contribution in [0.15, 0.2) is 53.0 Å². The Balaban J connectivity index is 1.90. The number of nitrogens with one attached hydrogen (secondary N) is 1. The summed E-state index contributed by atoms with van der Waals surface area (Å²) in [5.74, 6) is -0.342. The predicted molar refractivity (Wildman–Crippen MR) is 102 cm³/mol. The molecule has 25 heavy (non-hydrogen) atoms. The summed E-state index contributed by atoms with van der Waals surface area (Å²) < 4.78 is 27.3. The Morgan fingerprint density at radius 2 is 1.80 bits per heavy atom. The van der Waals surface area contributed by atoms with Crippen LogP contribution in [-0.4, -0.2) is 30.4 Å². The van der Waals surface area contributed by atoms with Crippen LogP contribution in [0.4, 0.5) is 5.69 Å². The molecular formula is C18H19BrN2O3S. The molecule has 0 saturated carbocycles. The number of anilines is 1. The highest BCUT2D eigenvalue weighted by atomic mass is 79.9. The maximum Gasteiger partial charge on any atom is 0.243 e. The Kier molecular flexibility index (Phi) is 5.27. The van der Waals surface area contributed by atoms with Gasteiger partial charge in [-0.3, -0.25) is 4.79 Å². The summed E-state index contributed by atoms with van der Waals surface area (Å²) in [4.78, 5) is 12.8. The van der Waals surface area contributed by atoms with Gasteiger partial charge in [-0.05, 0) is 48.7 Å². The van der Waals surface area contributed by atoms with E-state index < -0.39 is 16.1 Å². The molecule has 7 heteroatoms. The van der Waals surface area contributed by atoms with Gasteiger partial charge < -0.3 is 5.32 Å². The van der Waals surface area contributed by atoms with Crippen LogP contribution in [-0.2, 0) is 27.8 Å². The van der Waals surface area contributed by atoms with Gasteiger partial charge in [0.1, 0.15) is 6.04 Å². The summed E-state index contributed by atoms with van der Waals surface area (Å²) in [6.07, 6.45) is 0.373. The molecule has 0 radical (unpaired) electrons. The van der Waals surface area contributed by atoms with E-state index in [1.807, 2.05) is 36.4 Å². The number of halogens is 1. The lowest BCUT2D eigenvalue weighted by Gasteiger charge is -2.34. The molecule has 0 unspecified atom stereocenters. The second-order valence-corrected chi connectivity index (χ2v) is 9.06. The van der Waals surface area contributed by atoms with E-state index >= 15 is 0 Å². The lowest BCUT2D eigenvalue weighted by molar-refractivity contribution is -0.120. The van der Waals surface area contributed by atoms with E-state index in [1.54, 1.807) is 19.1 Å². The zero-order valence-electron chi connectivity index (χ0n) is 13.8. The van der Waals surface area contributed by atoms with Crippen molar-refractivity contribution in [3.05, 3.63) is 64.1 Å². The molecule has 1 aliphatic rings. The minimum atomic E-state index is -3.49. The van der Waals surface area contributed by atoms with Crippen LogP contribution in [0, 0.1) is 0 Å². The van der Waals surface area contributed by atoms with Crippen molar-refractivity contribution in [2.24, 2.45) is 0 Å². The van der Waals surface area contributed by atoms with Crippen LogP contribution >= 0.6 is 15.9 Å². The number of hydrogen-bond acceptors (Lipinski definition) is 3. The Hall–Kier alpha value is -1.70. The number of hydrogen-bond donors (Lipinski definition) is 1. The predicted octanol–water partition coefficient (Wildman–Crippen LogP) is 3.16. The molecule has 3 rings (SSSR count). The number of sulfonamides is 1. The fourth-order valence-electron chi connectivity index (χ4n) is 2.94. The molecule has 1 heterocycles. The van der Waals surface area contributed by atoms with Crippen molar-refractivity contribution in [3.8, 4) is 0 Å². The van der Waals surface area contributed by atoms with Crippen LogP contribution in [0.3, 0.4) is 0 Å². The zero-order valence-corrected chi connectivity index (χ0v) is 16.2. The van der Waals surface area contributed by atoms with Crippen LogP contribution in [0.5, 0.6) is 0 Å². The first kappa shape index (κ1) is 18.1. The average Bonchev–Trinajstić information content (AvgIpc) is 2.62.